The summed E-state index contributed by atoms with van der Waals surface area (Å²) in [6.07, 6.45) is 0. The molecule has 0 bridgehead atoms. The van der Waals surface area contributed by atoms with E-state index in [9.17, 15) is 4.79 Å². The standard InChI is InChI=1S/C11H12N2O2S/c1-6(10(12)14)7-3-4-9-8(5-7)11(15-2)13-16-9/h3-6H,1-2H3,(H2,12,14)/t6-/m1/s1. The smallest absolute Gasteiger partial charge is 0.232 e. The maximum Gasteiger partial charge on any atom is 0.232 e. The summed E-state index contributed by atoms with van der Waals surface area (Å²) in [4.78, 5) is 11.1. The Morgan fingerprint density at radius 2 is 2.31 bits per heavy atom. The Balaban J connectivity index is 2.53. The number of ether oxygens (including phenoxy) is 1. The number of nitrogens with zero attached hydrogens (tertiary/aromatic N) is 1. The van der Waals surface area contributed by atoms with E-state index in [4.69, 9.17) is 10.5 Å². The second-order valence-corrected chi connectivity index (χ2v) is 4.38. The number of hydrogen-bond donors (Lipinski definition) is 1. The predicted molar refractivity (Wildman–Crippen MR) is 63.8 cm³/mol. The summed E-state index contributed by atoms with van der Waals surface area (Å²) in [5.74, 6) is -0.0333. The van der Waals surface area contributed by atoms with E-state index in [1.165, 1.54) is 11.5 Å². The van der Waals surface area contributed by atoms with E-state index < -0.39 is 0 Å². The Hall–Kier alpha value is -1.62. The van der Waals surface area contributed by atoms with Crippen molar-refractivity contribution in [1.82, 2.24) is 4.37 Å². The van der Waals surface area contributed by atoms with Crippen LogP contribution in [-0.2, 0) is 4.79 Å². The van der Waals surface area contributed by atoms with E-state index in [0.29, 0.717) is 5.88 Å². The first-order chi connectivity index (χ1) is 7.63. The Kier molecular flexibility index (Phi) is 2.78. The Bertz CT molecular complexity index is 536. The highest BCUT2D eigenvalue weighted by atomic mass is 32.1. The molecule has 2 N–H and O–H groups in total. The normalized spacial score (nSPS) is 12.6. The highest BCUT2D eigenvalue weighted by Crippen LogP contribution is 2.31. The highest BCUT2D eigenvalue weighted by molar-refractivity contribution is 7.13. The van der Waals surface area contributed by atoms with Crippen molar-refractivity contribution in [3.05, 3.63) is 23.8 Å². The van der Waals surface area contributed by atoms with Crippen LogP contribution in [0.3, 0.4) is 0 Å². The number of amides is 1. The number of aromatic nitrogens is 1. The highest BCUT2D eigenvalue weighted by Gasteiger charge is 2.14. The van der Waals surface area contributed by atoms with Crippen molar-refractivity contribution in [2.24, 2.45) is 5.73 Å². The maximum absolute atomic E-state index is 11.1. The van der Waals surface area contributed by atoms with Crippen LogP contribution in [0, 0.1) is 0 Å². The molecule has 0 aliphatic carbocycles. The Morgan fingerprint density at radius 1 is 1.56 bits per heavy atom. The van der Waals surface area contributed by atoms with E-state index in [1.54, 1.807) is 14.0 Å². The van der Waals surface area contributed by atoms with E-state index in [0.717, 1.165) is 15.6 Å². The molecule has 2 rings (SSSR count). The van der Waals surface area contributed by atoms with Gasteiger partial charge in [0.15, 0.2) is 0 Å². The number of rotatable bonds is 3. The van der Waals surface area contributed by atoms with Gasteiger partial charge in [-0.25, -0.2) is 0 Å². The third-order valence-corrected chi connectivity index (χ3v) is 3.39. The monoisotopic (exact) mass is 236 g/mol. The minimum atomic E-state index is -0.332. The van der Waals surface area contributed by atoms with Gasteiger partial charge in [-0.3, -0.25) is 4.79 Å². The van der Waals surface area contributed by atoms with Gasteiger partial charge in [0.25, 0.3) is 0 Å². The molecule has 1 amide bonds. The zero-order valence-electron chi connectivity index (χ0n) is 9.06. The van der Waals surface area contributed by atoms with E-state index in [1.807, 2.05) is 18.2 Å². The number of hydrogen-bond acceptors (Lipinski definition) is 4. The van der Waals surface area contributed by atoms with Crippen molar-refractivity contribution in [3.8, 4) is 5.88 Å². The molecule has 0 aliphatic rings. The van der Waals surface area contributed by atoms with Crippen LogP contribution < -0.4 is 10.5 Å². The van der Waals surface area contributed by atoms with Crippen LogP contribution in [0.4, 0.5) is 0 Å². The maximum atomic E-state index is 11.1. The SMILES string of the molecule is COc1nsc2ccc([C@@H](C)C(N)=O)cc12. The van der Waals surface area contributed by atoms with E-state index in [-0.39, 0.29) is 11.8 Å². The average molecular weight is 236 g/mol. The summed E-state index contributed by atoms with van der Waals surface area (Å²) >= 11 is 1.38. The van der Waals surface area contributed by atoms with Crippen LogP contribution in [0.15, 0.2) is 18.2 Å². The first-order valence-corrected chi connectivity index (χ1v) is 5.63. The fraction of sp³-hybridized carbons (Fsp3) is 0.273. The Labute approximate surface area is 97.2 Å². The topological polar surface area (TPSA) is 65.2 Å². The Morgan fingerprint density at radius 3 is 2.94 bits per heavy atom. The summed E-state index contributed by atoms with van der Waals surface area (Å²) < 4.78 is 10.3. The van der Waals surface area contributed by atoms with Crippen molar-refractivity contribution in [2.45, 2.75) is 12.8 Å². The van der Waals surface area contributed by atoms with Gasteiger partial charge in [0.2, 0.25) is 11.8 Å². The molecule has 16 heavy (non-hydrogen) atoms. The summed E-state index contributed by atoms with van der Waals surface area (Å²) in [5, 5.41) is 0.929. The molecule has 1 aromatic carbocycles. The van der Waals surface area contributed by atoms with Gasteiger partial charge < -0.3 is 10.5 Å². The molecule has 0 saturated carbocycles. The fourth-order valence-corrected chi connectivity index (χ4v) is 2.24. The molecule has 5 heteroatoms. The van der Waals surface area contributed by atoms with Gasteiger partial charge in [-0.05, 0) is 36.2 Å². The van der Waals surface area contributed by atoms with Gasteiger partial charge in [-0.1, -0.05) is 6.07 Å². The molecule has 1 heterocycles. The van der Waals surface area contributed by atoms with Crippen LogP contribution in [0.2, 0.25) is 0 Å². The molecule has 0 aliphatic heterocycles. The van der Waals surface area contributed by atoms with E-state index in [2.05, 4.69) is 4.37 Å². The first-order valence-electron chi connectivity index (χ1n) is 4.86. The minimum absolute atomic E-state index is 0.297. The van der Waals surface area contributed by atoms with Crippen LogP contribution in [0.5, 0.6) is 5.88 Å². The van der Waals surface area contributed by atoms with Crippen LogP contribution >= 0.6 is 11.5 Å². The lowest BCUT2D eigenvalue weighted by Gasteiger charge is -2.07. The predicted octanol–water partition coefficient (Wildman–Crippen LogP) is 1.89. The van der Waals surface area contributed by atoms with Gasteiger partial charge in [0.1, 0.15) is 0 Å². The summed E-state index contributed by atoms with van der Waals surface area (Å²) in [6, 6.07) is 5.74. The van der Waals surface area contributed by atoms with Gasteiger partial charge in [0.05, 0.1) is 23.1 Å². The zero-order chi connectivity index (χ0) is 11.7. The number of carbonyl (C=O) groups excluding carboxylic acids is 1. The van der Waals surface area contributed by atoms with Crippen molar-refractivity contribution in [1.29, 1.82) is 0 Å². The second-order valence-electron chi connectivity index (χ2n) is 3.57. The number of primary amides is 1. The molecule has 1 aromatic heterocycles. The van der Waals surface area contributed by atoms with Crippen molar-refractivity contribution >= 4 is 27.5 Å². The van der Waals surface area contributed by atoms with Crippen molar-refractivity contribution in [2.75, 3.05) is 7.11 Å². The van der Waals surface area contributed by atoms with Crippen molar-refractivity contribution < 1.29 is 9.53 Å². The van der Waals surface area contributed by atoms with Gasteiger partial charge in [-0.2, -0.15) is 4.37 Å². The summed E-state index contributed by atoms with van der Waals surface area (Å²) in [6.45, 7) is 1.79. The minimum Gasteiger partial charge on any atom is -0.480 e. The van der Waals surface area contributed by atoms with Gasteiger partial charge >= 0.3 is 0 Å². The van der Waals surface area contributed by atoms with Crippen LogP contribution in [0.1, 0.15) is 18.4 Å². The molecule has 0 saturated heterocycles. The zero-order valence-corrected chi connectivity index (χ0v) is 9.88. The molecule has 84 valence electrons. The van der Waals surface area contributed by atoms with Gasteiger partial charge in [-0.15, -0.1) is 0 Å². The molecule has 0 fully saturated rings. The molecule has 0 unspecified atom stereocenters. The lowest BCUT2D eigenvalue weighted by atomic mass is 10.00. The molecule has 0 radical (unpaired) electrons. The molecule has 2 aromatic rings. The fourth-order valence-electron chi connectivity index (χ4n) is 1.51. The quantitative estimate of drug-likeness (QED) is 0.885. The third-order valence-electron chi connectivity index (χ3n) is 2.58. The average Bonchev–Trinajstić information content (AvgIpc) is 2.69. The second kappa shape index (κ2) is 4.09. The van der Waals surface area contributed by atoms with Gasteiger partial charge in [0, 0.05) is 0 Å². The number of methoxy groups -OCH3 is 1. The lowest BCUT2D eigenvalue weighted by Crippen LogP contribution is -2.18. The summed E-state index contributed by atoms with van der Waals surface area (Å²) in [5.41, 5.74) is 6.16. The number of fused-ring (bicyclic) bond motifs is 1. The van der Waals surface area contributed by atoms with Crippen LogP contribution in [-0.4, -0.2) is 17.4 Å². The number of benzene rings is 1. The largest absolute Gasteiger partial charge is 0.480 e. The van der Waals surface area contributed by atoms with E-state index >= 15 is 0 Å². The summed E-state index contributed by atoms with van der Waals surface area (Å²) in [7, 11) is 1.58. The number of nitrogens with two attached hydrogens (primary N) is 1. The molecule has 0 spiro atoms. The number of carbonyl (C=O) groups is 1. The molecular formula is C11H12N2O2S. The lowest BCUT2D eigenvalue weighted by molar-refractivity contribution is -0.119. The third kappa shape index (κ3) is 1.74. The van der Waals surface area contributed by atoms with Crippen LogP contribution in [0.25, 0.3) is 10.1 Å². The molecule has 4 nitrogen and oxygen atoms in total. The van der Waals surface area contributed by atoms with Crippen molar-refractivity contribution in [3.63, 3.8) is 0 Å². The molecule has 1 atom stereocenters. The molecular weight excluding hydrogens is 224 g/mol. The first kappa shape index (κ1) is 10.9.